The Kier molecular flexibility index (Phi) is 6.07. The van der Waals surface area contributed by atoms with Crippen molar-refractivity contribution >= 4 is 39.1 Å². The van der Waals surface area contributed by atoms with Crippen molar-refractivity contribution in [2.45, 2.75) is 12.8 Å². The van der Waals surface area contributed by atoms with Gasteiger partial charge in [0.25, 0.3) is 0 Å². The van der Waals surface area contributed by atoms with Crippen molar-refractivity contribution in [1.82, 2.24) is 10.6 Å². The van der Waals surface area contributed by atoms with Crippen molar-refractivity contribution in [3.63, 3.8) is 0 Å². The largest absolute Gasteiger partial charge is 0.354 e. The highest BCUT2D eigenvalue weighted by Crippen LogP contribution is 2.28. The van der Waals surface area contributed by atoms with E-state index in [-0.39, 0.29) is 17.7 Å². The predicted octanol–water partition coefficient (Wildman–Crippen LogP) is 2.03. The third-order valence-corrected chi connectivity index (χ3v) is 4.13. The number of halogens is 1. The number of hydrogen-bond donors (Lipinski definition) is 2. The molecule has 4 nitrogen and oxygen atoms in total. The minimum absolute atomic E-state index is 0.0443. The first-order chi connectivity index (χ1) is 8.54. The first kappa shape index (κ1) is 14.9. The van der Waals surface area contributed by atoms with E-state index in [9.17, 15) is 9.59 Å². The van der Waals surface area contributed by atoms with Gasteiger partial charge in [-0.05, 0) is 41.1 Å². The molecule has 1 aromatic rings. The van der Waals surface area contributed by atoms with Gasteiger partial charge in [-0.15, -0.1) is 11.3 Å². The third-order valence-electron chi connectivity index (χ3n) is 2.32. The fourth-order valence-electron chi connectivity index (χ4n) is 1.29. The van der Waals surface area contributed by atoms with E-state index in [2.05, 4.69) is 33.1 Å². The van der Waals surface area contributed by atoms with Gasteiger partial charge in [-0.1, -0.05) is 6.58 Å². The molecule has 0 spiro atoms. The zero-order valence-corrected chi connectivity index (χ0v) is 12.4. The van der Waals surface area contributed by atoms with Crippen molar-refractivity contribution in [2.75, 3.05) is 13.1 Å². The van der Waals surface area contributed by atoms with Crippen LogP contribution in [0, 0.1) is 0 Å². The minimum atomic E-state index is -0.237. The summed E-state index contributed by atoms with van der Waals surface area (Å²) in [6.45, 7) is 6.01. The van der Waals surface area contributed by atoms with Crippen LogP contribution < -0.4 is 10.6 Å². The summed E-state index contributed by atoms with van der Waals surface area (Å²) in [5.41, 5.74) is 0. The van der Waals surface area contributed by atoms with Crippen LogP contribution in [0.1, 0.15) is 17.7 Å². The lowest BCUT2D eigenvalue weighted by Crippen LogP contribution is -2.35. The Balaban J connectivity index is 2.32. The number of thiophene rings is 1. The SMILES string of the molecule is C=CC(=O)NCCNC(=O)C(C)c1ccc(Br)s1. The summed E-state index contributed by atoms with van der Waals surface area (Å²) in [7, 11) is 0. The molecule has 6 heteroatoms. The van der Waals surface area contributed by atoms with Crippen LogP contribution >= 0.6 is 27.3 Å². The Morgan fingerprint density at radius 3 is 2.67 bits per heavy atom. The number of hydrogen-bond acceptors (Lipinski definition) is 3. The highest BCUT2D eigenvalue weighted by molar-refractivity contribution is 9.11. The molecule has 1 rings (SSSR count). The standard InChI is InChI=1S/C12H15BrN2O2S/c1-3-11(16)14-6-7-15-12(17)8(2)9-4-5-10(13)18-9/h3-5,8H,1,6-7H2,2H3,(H,14,16)(H,15,17). The normalized spacial score (nSPS) is 11.7. The Hall–Kier alpha value is -1.14. The maximum Gasteiger partial charge on any atom is 0.243 e. The van der Waals surface area contributed by atoms with Crippen LogP contribution in [0.2, 0.25) is 0 Å². The highest BCUT2D eigenvalue weighted by Gasteiger charge is 2.16. The van der Waals surface area contributed by atoms with E-state index in [0.717, 1.165) is 8.66 Å². The van der Waals surface area contributed by atoms with E-state index >= 15 is 0 Å². The first-order valence-electron chi connectivity index (χ1n) is 5.47. The van der Waals surface area contributed by atoms with Gasteiger partial charge in [0.1, 0.15) is 0 Å². The Labute approximate surface area is 119 Å². The molecule has 0 aliphatic heterocycles. The molecule has 0 saturated heterocycles. The van der Waals surface area contributed by atoms with Gasteiger partial charge in [-0.2, -0.15) is 0 Å². The van der Waals surface area contributed by atoms with Gasteiger partial charge in [0, 0.05) is 18.0 Å². The van der Waals surface area contributed by atoms with Gasteiger partial charge in [0.2, 0.25) is 11.8 Å². The van der Waals surface area contributed by atoms with Crippen LogP contribution in [0.3, 0.4) is 0 Å². The summed E-state index contributed by atoms with van der Waals surface area (Å²) >= 11 is 4.91. The maximum atomic E-state index is 11.8. The van der Waals surface area contributed by atoms with Crippen molar-refractivity contribution in [3.05, 3.63) is 33.5 Å². The molecule has 1 unspecified atom stereocenters. The predicted molar refractivity (Wildman–Crippen MR) is 76.7 cm³/mol. The molecule has 18 heavy (non-hydrogen) atoms. The van der Waals surface area contributed by atoms with Crippen LogP contribution in [0.25, 0.3) is 0 Å². The van der Waals surface area contributed by atoms with Crippen molar-refractivity contribution in [1.29, 1.82) is 0 Å². The molecular weight excluding hydrogens is 316 g/mol. The summed E-state index contributed by atoms with van der Waals surface area (Å²) in [6, 6.07) is 3.85. The van der Waals surface area contributed by atoms with Crippen molar-refractivity contribution in [2.24, 2.45) is 0 Å². The van der Waals surface area contributed by atoms with E-state index < -0.39 is 0 Å². The molecular formula is C12H15BrN2O2S. The molecule has 1 aromatic heterocycles. The van der Waals surface area contributed by atoms with Crippen LogP contribution in [-0.4, -0.2) is 24.9 Å². The van der Waals surface area contributed by atoms with Crippen LogP contribution in [-0.2, 0) is 9.59 Å². The monoisotopic (exact) mass is 330 g/mol. The summed E-state index contributed by atoms with van der Waals surface area (Å²) in [6.07, 6.45) is 1.20. The lowest BCUT2D eigenvalue weighted by atomic mass is 10.1. The van der Waals surface area contributed by atoms with E-state index in [4.69, 9.17) is 0 Å². The zero-order chi connectivity index (χ0) is 13.5. The van der Waals surface area contributed by atoms with Gasteiger partial charge >= 0.3 is 0 Å². The number of amides is 2. The van der Waals surface area contributed by atoms with E-state index in [0.29, 0.717) is 13.1 Å². The van der Waals surface area contributed by atoms with Gasteiger partial charge < -0.3 is 10.6 Å². The molecule has 2 amide bonds. The Morgan fingerprint density at radius 1 is 1.44 bits per heavy atom. The van der Waals surface area contributed by atoms with Crippen LogP contribution in [0.4, 0.5) is 0 Å². The van der Waals surface area contributed by atoms with Gasteiger partial charge in [-0.3, -0.25) is 9.59 Å². The van der Waals surface area contributed by atoms with Gasteiger partial charge in [0.15, 0.2) is 0 Å². The molecule has 0 bridgehead atoms. The lowest BCUT2D eigenvalue weighted by molar-refractivity contribution is -0.122. The zero-order valence-electron chi connectivity index (χ0n) is 10.0. The van der Waals surface area contributed by atoms with Crippen molar-refractivity contribution in [3.8, 4) is 0 Å². The molecule has 0 aromatic carbocycles. The quantitative estimate of drug-likeness (QED) is 0.619. The van der Waals surface area contributed by atoms with E-state index in [1.807, 2.05) is 19.1 Å². The number of carbonyl (C=O) groups is 2. The molecule has 0 aliphatic rings. The van der Waals surface area contributed by atoms with Crippen LogP contribution in [0.5, 0.6) is 0 Å². The number of nitrogens with one attached hydrogen (secondary N) is 2. The Bertz CT molecular complexity index is 445. The minimum Gasteiger partial charge on any atom is -0.354 e. The fraction of sp³-hybridized carbons (Fsp3) is 0.333. The second-order valence-electron chi connectivity index (χ2n) is 3.65. The average molecular weight is 331 g/mol. The number of rotatable bonds is 6. The molecule has 2 N–H and O–H groups in total. The second kappa shape index (κ2) is 7.33. The molecule has 0 radical (unpaired) electrons. The summed E-state index contributed by atoms with van der Waals surface area (Å²) in [5, 5.41) is 5.37. The van der Waals surface area contributed by atoms with Crippen molar-refractivity contribution < 1.29 is 9.59 Å². The van der Waals surface area contributed by atoms with Gasteiger partial charge in [-0.25, -0.2) is 0 Å². The smallest absolute Gasteiger partial charge is 0.243 e. The molecule has 1 heterocycles. The summed E-state index contributed by atoms with van der Waals surface area (Å²) in [4.78, 5) is 23.7. The summed E-state index contributed by atoms with van der Waals surface area (Å²) in [5.74, 6) is -0.465. The Morgan fingerprint density at radius 2 is 2.11 bits per heavy atom. The third kappa shape index (κ3) is 4.62. The van der Waals surface area contributed by atoms with E-state index in [1.165, 1.54) is 6.08 Å². The second-order valence-corrected chi connectivity index (χ2v) is 6.14. The highest BCUT2D eigenvalue weighted by atomic mass is 79.9. The summed E-state index contributed by atoms with van der Waals surface area (Å²) < 4.78 is 1.01. The van der Waals surface area contributed by atoms with E-state index in [1.54, 1.807) is 11.3 Å². The molecule has 0 fully saturated rings. The molecule has 1 atom stereocenters. The lowest BCUT2D eigenvalue weighted by Gasteiger charge is -2.10. The molecule has 98 valence electrons. The number of carbonyl (C=O) groups excluding carboxylic acids is 2. The molecule has 0 saturated carbocycles. The fourth-order valence-corrected chi connectivity index (χ4v) is 2.76. The maximum absolute atomic E-state index is 11.8. The topological polar surface area (TPSA) is 58.2 Å². The molecule has 0 aliphatic carbocycles. The van der Waals surface area contributed by atoms with Gasteiger partial charge in [0.05, 0.1) is 9.70 Å². The first-order valence-corrected chi connectivity index (χ1v) is 7.08. The van der Waals surface area contributed by atoms with Crippen LogP contribution in [0.15, 0.2) is 28.6 Å². The average Bonchev–Trinajstić information content (AvgIpc) is 2.79.